The van der Waals surface area contributed by atoms with Crippen molar-refractivity contribution in [2.24, 2.45) is 3.50 Å². The number of hydrogen-bond acceptors (Lipinski definition) is 3. The van der Waals surface area contributed by atoms with Gasteiger partial charge in [-0.15, -0.1) is 0 Å². The summed E-state index contributed by atoms with van der Waals surface area (Å²) in [5, 5.41) is 8.89. The van der Waals surface area contributed by atoms with E-state index in [2.05, 4.69) is 8.86 Å². The van der Waals surface area contributed by atoms with E-state index < -0.39 is 30.8 Å². The fraction of sp³-hybridized carbons (Fsp3) is 0.750. The van der Waals surface area contributed by atoms with Crippen LogP contribution in [-0.4, -0.2) is 5.97 Å². The van der Waals surface area contributed by atoms with E-state index in [1.165, 1.54) is 0 Å². The molecule has 0 aliphatic rings. The van der Waals surface area contributed by atoms with Gasteiger partial charge in [-0.2, -0.15) is 0 Å². The van der Waals surface area contributed by atoms with Crippen molar-refractivity contribution >= 4 is 5.97 Å². The first kappa shape index (κ1) is 16.7. The molecule has 0 bridgehead atoms. The molecule has 5 heteroatoms. The average molecular weight is 506 g/mol. The Morgan fingerprint density at radius 1 is 1.67 bits per heavy atom. The van der Waals surface area contributed by atoms with Crippen molar-refractivity contribution in [3.8, 4) is 0 Å². The Bertz CT molecular complexity index is 47.8. The topological polar surface area (TPSA) is 66.1 Å². The molecule has 0 radical (unpaired) electrons. The summed E-state index contributed by atoms with van der Waals surface area (Å²) in [6.45, 7) is 0.972. The number of carboxylic acids is 1. The minimum atomic E-state index is -1.08. The van der Waals surface area contributed by atoms with Crippen LogP contribution >= 0.6 is 0 Å². The van der Waals surface area contributed by atoms with E-state index in [0.29, 0.717) is 0 Å². The van der Waals surface area contributed by atoms with Gasteiger partial charge in [-0.25, -0.2) is 0 Å². The third-order valence-corrected chi connectivity index (χ3v) is 0. The van der Waals surface area contributed by atoms with Gasteiger partial charge in [0.15, 0.2) is 0 Å². The summed E-state index contributed by atoms with van der Waals surface area (Å²) in [5.41, 5.74) is 0. The Hall–Kier alpha value is 1.30. The first-order valence-electron chi connectivity index (χ1n) is 2.73. The van der Waals surface area contributed by atoms with Crippen LogP contribution in [0.4, 0.5) is 0 Å². The number of hydrogen-bond donors (Lipinski definition) is 1. The molecule has 0 saturated heterocycles. The number of nitrogens with two attached hydrogens (primary N) is 1. The van der Waals surface area contributed by atoms with Gasteiger partial charge in [-0.05, 0) is 6.92 Å². The van der Waals surface area contributed by atoms with Crippen molar-refractivity contribution in [3.05, 3.63) is 0 Å². The molecule has 0 heterocycles. The number of carbonyl (C=O) groups is 1. The van der Waals surface area contributed by atoms with Gasteiger partial charge < -0.3 is 9.90 Å². The molecule has 0 atom stereocenters. The molecule has 0 amide bonds. The fourth-order valence-electron chi connectivity index (χ4n) is 0. The summed E-state index contributed by atoms with van der Waals surface area (Å²) in [6, 6.07) is 0. The van der Waals surface area contributed by atoms with Gasteiger partial charge >= 0.3 is 63.4 Å². The van der Waals surface area contributed by atoms with Gasteiger partial charge in [0.25, 0.3) is 0 Å². The maximum absolute atomic E-state index is 8.89. The molecule has 2 N–H and O–H groups in total. The number of carbonyl (C=O) groups excluding carboxylic acids is 1. The second kappa shape index (κ2) is 22.8. The molecule has 0 fully saturated rings. The first-order chi connectivity index (χ1) is 4.15. The molecule has 0 rings (SSSR count). The first-order valence-corrected chi connectivity index (χ1v) is 16.9. The monoisotopic (exact) mass is 509 g/mol. The summed E-state index contributed by atoms with van der Waals surface area (Å²) in [4.78, 5) is 8.89. The van der Waals surface area contributed by atoms with Gasteiger partial charge in [-0.1, -0.05) is 0 Å². The van der Waals surface area contributed by atoms with Crippen LogP contribution in [0.3, 0.4) is 0 Å². The van der Waals surface area contributed by atoms with Crippen LogP contribution in [0.25, 0.3) is 0 Å². The summed E-state index contributed by atoms with van der Waals surface area (Å²) in [5.74, 6) is -1.08. The molecule has 48 valence electrons. The van der Waals surface area contributed by atoms with Gasteiger partial charge in [0, 0.05) is 5.97 Å². The van der Waals surface area contributed by atoms with E-state index >= 15 is 0 Å². The molecular formula is C4H11Hg2NO2. The Kier molecular flexibility index (Phi) is 42.4. The van der Waals surface area contributed by atoms with Crippen molar-refractivity contribution < 1.29 is 60.9 Å². The van der Waals surface area contributed by atoms with Crippen molar-refractivity contribution in [2.75, 3.05) is 0 Å². The van der Waals surface area contributed by atoms with Crippen LogP contribution in [0, 0.1) is 0 Å². The Labute approximate surface area is 85.2 Å². The van der Waals surface area contributed by atoms with E-state index in [1.54, 1.807) is 0 Å². The van der Waals surface area contributed by atoms with Crippen LogP contribution in [0.5, 0.6) is 0 Å². The Morgan fingerprint density at radius 2 is 1.67 bits per heavy atom. The van der Waals surface area contributed by atoms with Gasteiger partial charge in [0.05, 0.1) is 0 Å². The Morgan fingerprint density at radius 3 is 1.67 bits per heavy atom. The molecule has 3 nitrogen and oxygen atoms in total. The maximum atomic E-state index is 8.89. The second-order valence-corrected chi connectivity index (χ2v) is 4.07. The number of carboxylic acid groups (broad SMARTS) is 1. The average Bonchev–Trinajstić information content (AvgIpc) is 1.71. The third-order valence-electron chi connectivity index (χ3n) is 0. The molecule has 0 spiro atoms. The van der Waals surface area contributed by atoms with Crippen LogP contribution < -0.4 is 8.60 Å². The Balaban J connectivity index is -0.0000000646. The van der Waals surface area contributed by atoms with E-state index in [9.17, 15) is 0 Å². The van der Waals surface area contributed by atoms with Crippen LogP contribution in [0.1, 0.15) is 6.92 Å². The molecule has 0 unspecified atom stereocenters. The predicted molar refractivity (Wildman–Crippen MR) is 26.6 cm³/mol. The molecule has 0 aliphatic carbocycles. The zero-order valence-electron chi connectivity index (χ0n) is 6.31. The molecule has 0 aromatic carbocycles. The van der Waals surface area contributed by atoms with E-state index in [0.717, 1.165) is 33.0 Å². The van der Waals surface area contributed by atoms with Gasteiger partial charge in [0.2, 0.25) is 0 Å². The van der Waals surface area contributed by atoms with Crippen LogP contribution in [-0.2, 0) is 55.8 Å². The summed E-state index contributed by atoms with van der Waals surface area (Å²) in [7, 11) is 0. The molecule has 0 saturated carbocycles. The molecule has 0 aliphatic heterocycles. The fourth-order valence-corrected chi connectivity index (χ4v) is 0. The van der Waals surface area contributed by atoms with E-state index in [1.807, 2.05) is 0 Å². The standard InChI is InChI=1S/C2H4O2.2CH3.2Hg.H2N/c1-2(3)4;;;;;/h1H3,(H,3,4);2*1H3;;;1H2/q;;;2*+1;-1/p-1. The normalized spacial score (nSPS) is 4.67. The number of rotatable bonds is 0. The van der Waals surface area contributed by atoms with Crippen molar-refractivity contribution in [1.82, 2.24) is 0 Å². The molecule has 9 heavy (non-hydrogen) atoms. The number of aliphatic carboxylic acids is 1. The van der Waals surface area contributed by atoms with Gasteiger partial charge in [0.1, 0.15) is 0 Å². The predicted octanol–water partition coefficient (Wildman–Crippen LogP) is -0.672. The van der Waals surface area contributed by atoms with Crippen molar-refractivity contribution in [3.63, 3.8) is 0 Å². The zero-order chi connectivity index (χ0) is 8.28. The SMILES string of the molecule is CC(=O)[O-].[CH3][Hg+].[CH3][Hg][NH2]. The van der Waals surface area contributed by atoms with Gasteiger partial charge in [-0.3, -0.25) is 0 Å². The molecular weight excluding hydrogens is 495 g/mol. The van der Waals surface area contributed by atoms with Crippen molar-refractivity contribution in [1.29, 1.82) is 0 Å². The summed E-state index contributed by atoms with van der Waals surface area (Å²) in [6.07, 6.45) is 0. The van der Waals surface area contributed by atoms with Crippen LogP contribution in [0.15, 0.2) is 0 Å². The van der Waals surface area contributed by atoms with Crippen LogP contribution in [0.2, 0.25) is 8.86 Å². The quantitative estimate of drug-likeness (QED) is 0.444. The van der Waals surface area contributed by atoms with E-state index in [4.69, 9.17) is 13.4 Å². The third kappa shape index (κ3) is 293. The molecule has 0 aromatic rings. The minimum absolute atomic E-state index is 0.583. The molecule has 0 aromatic heterocycles. The summed E-state index contributed by atoms with van der Waals surface area (Å²) >= 11 is 0.444. The van der Waals surface area contributed by atoms with E-state index in [-0.39, 0.29) is 0 Å². The summed E-state index contributed by atoms with van der Waals surface area (Å²) < 4.78 is 9.39. The second-order valence-electron chi connectivity index (χ2n) is 0.900. The zero-order valence-corrected chi connectivity index (χ0v) is 17.3. The van der Waals surface area contributed by atoms with Crippen molar-refractivity contribution in [2.45, 2.75) is 15.8 Å².